The fraction of sp³-hybridized carbons (Fsp3) is 0.400. The molecule has 1 N–H and O–H groups in total. The van der Waals surface area contributed by atoms with Crippen molar-refractivity contribution in [2.75, 3.05) is 0 Å². The van der Waals surface area contributed by atoms with Crippen LogP contribution in [-0.2, 0) is 5.54 Å². The lowest BCUT2D eigenvalue weighted by molar-refractivity contribution is 0.0911. The number of thiazole rings is 1. The number of rotatable bonds is 3. The first-order chi connectivity index (χ1) is 9.29. The van der Waals surface area contributed by atoms with Crippen LogP contribution in [0.15, 0.2) is 18.3 Å². The topological polar surface area (TPSA) is 54.9 Å². The summed E-state index contributed by atoms with van der Waals surface area (Å²) in [5.74, 6) is -0.131. The minimum atomic E-state index is -0.494. The molecule has 2 rings (SSSR count). The van der Waals surface area contributed by atoms with E-state index in [2.05, 4.69) is 15.3 Å². The number of aryl methyl sites for hydroxylation is 3. The van der Waals surface area contributed by atoms with E-state index in [0.29, 0.717) is 5.56 Å². The van der Waals surface area contributed by atoms with Crippen molar-refractivity contribution in [3.05, 3.63) is 45.2 Å². The molecule has 0 aliphatic carbocycles. The van der Waals surface area contributed by atoms with Crippen LogP contribution in [0.4, 0.5) is 0 Å². The highest BCUT2D eigenvalue weighted by Crippen LogP contribution is 2.27. The number of hydrogen-bond acceptors (Lipinski definition) is 4. The van der Waals surface area contributed by atoms with E-state index in [9.17, 15) is 4.79 Å². The third-order valence-electron chi connectivity index (χ3n) is 3.16. The van der Waals surface area contributed by atoms with Gasteiger partial charge in [0.1, 0.15) is 5.01 Å². The molecule has 0 aromatic carbocycles. The lowest BCUT2D eigenvalue weighted by atomic mass is 10.1. The number of amides is 1. The third kappa shape index (κ3) is 3.04. The van der Waals surface area contributed by atoms with E-state index < -0.39 is 5.54 Å². The first-order valence-corrected chi connectivity index (χ1v) is 7.31. The van der Waals surface area contributed by atoms with E-state index in [4.69, 9.17) is 0 Å². The zero-order valence-electron chi connectivity index (χ0n) is 12.4. The molecule has 2 heterocycles. The Morgan fingerprint density at radius 1 is 1.25 bits per heavy atom. The molecular formula is C15H19N3OS. The molecule has 0 atom stereocenters. The van der Waals surface area contributed by atoms with E-state index in [0.717, 1.165) is 16.4 Å². The van der Waals surface area contributed by atoms with Gasteiger partial charge in [-0.25, -0.2) is 4.98 Å². The SMILES string of the molecule is Cc1ccc(C(=O)NC(C)(C)c2nc(C)c(C)s2)cn1. The van der Waals surface area contributed by atoms with Gasteiger partial charge in [0.2, 0.25) is 0 Å². The highest BCUT2D eigenvalue weighted by Gasteiger charge is 2.27. The number of carbonyl (C=O) groups is 1. The molecule has 106 valence electrons. The van der Waals surface area contributed by atoms with Gasteiger partial charge in [0.25, 0.3) is 5.91 Å². The van der Waals surface area contributed by atoms with Crippen LogP contribution in [0.3, 0.4) is 0 Å². The van der Waals surface area contributed by atoms with E-state index in [1.165, 1.54) is 4.88 Å². The molecule has 0 bridgehead atoms. The Kier molecular flexibility index (Phi) is 3.90. The second-order valence-corrected chi connectivity index (χ2v) is 6.63. The second-order valence-electron chi connectivity index (χ2n) is 5.43. The summed E-state index contributed by atoms with van der Waals surface area (Å²) in [7, 11) is 0. The first kappa shape index (κ1) is 14.7. The van der Waals surface area contributed by atoms with Crippen LogP contribution in [0, 0.1) is 20.8 Å². The van der Waals surface area contributed by atoms with Gasteiger partial charge in [-0.05, 0) is 46.8 Å². The van der Waals surface area contributed by atoms with E-state index in [-0.39, 0.29) is 5.91 Å². The van der Waals surface area contributed by atoms with Crippen molar-refractivity contribution in [3.8, 4) is 0 Å². The number of carbonyl (C=O) groups excluding carboxylic acids is 1. The van der Waals surface area contributed by atoms with Crippen molar-refractivity contribution < 1.29 is 4.79 Å². The maximum Gasteiger partial charge on any atom is 0.253 e. The van der Waals surface area contributed by atoms with Gasteiger partial charge in [-0.1, -0.05) is 0 Å². The van der Waals surface area contributed by atoms with Gasteiger partial charge in [-0.3, -0.25) is 9.78 Å². The third-order valence-corrected chi connectivity index (χ3v) is 4.56. The highest BCUT2D eigenvalue weighted by atomic mass is 32.1. The number of nitrogens with one attached hydrogen (secondary N) is 1. The molecule has 4 nitrogen and oxygen atoms in total. The Labute approximate surface area is 123 Å². The predicted molar refractivity (Wildman–Crippen MR) is 81.1 cm³/mol. The minimum absolute atomic E-state index is 0.131. The summed E-state index contributed by atoms with van der Waals surface area (Å²) in [4.78, 5) is 22.1. The Hall–Kier alpha value is -1.75. The average Bonchev–Trinajstić information content (AvgIpc) is 2.71. The molecule has 2 aromatic heterocycles. The quantitative estimate of drug-likeness (QED) is 0.944. The zero-order chi connectivity index (χ0) is 14.9. The number of aromatic nitrogens is 2. The van der Waals surface area contributed by atoms with Gasteiger partial charge in [0.15, 0.2) is 0 Å². The number of nitrogens with zero attached hydrogens (tertiary/aromatic N) is 2. The van der Waals surface area contributed by atoms with Crippen LogP contribution in [-0.4, -0.2) is 15.9 Å². The van der Waals surface area contributed by atoms with Crippen molar-refractivity contribution in [1.29, 1.82) is 0 Å². The van der Waals surface area contributed by atoms with Crippen LogP contribution in [0.5, 0.6) is 0 Å². The van der Waals surface area contributed by atoms with Crippen LogP contribution in [0.1, 0.15) is 45.5 Å². The van der Waals surface area contributed by atoms with Gasteiger partial charge in [0, 0.05) is 16.8 Å². The van der Waals surface area contributed by atoms with Crippen molar-refractivity contribution >= 4 is 17.2 Å². The molecule has 0 aliphatic rings. The van der Waals surface area contributed by atoms with Gasteiger partial charge < -0.3 is 5.32 Å². The maximum atomic E-state index is 12.3. The summed E-state index contributed by atoms with van der Waals surface area (Å²) in [6, 6.07) is 3.62. The molecule has 5 heteroatoms. The average molecular weight is 289 g/mol. The second kappa shape index (κ2) is 5.32. The number of pyridine rings is 1. The smallest absolute Gasteiger partial charge is 0.253 e. The summed E-state index contributed by atoms with van der Waals surface area (Å²) in [5.41, 5.74) is 1.98. The fourth-order valence-corrected chi connectivity index (χ4v) is 2.72. The summed E-state index contributed by atoms with van der Waals surface area (Å²) in [6.45, 7) is 9.84. The van der Waals surface area contributed by atoms with Crippen molar-refractivity contribution in [1.82, 2.24) is 15.3 Å². The van der Waals surface area contributed by atoms with Crippen molar-refractivity contribution in [2.45, 2.75) is 40.2 Å². The van der Waals surface area contributed by atoms with Gasteiger partial charge in [-0.15, -0.1) is 11.3 Å². The molecule has 0 unspecified atom stereocenters. The zero-order valence-corrected chi connectivity index (χ0v) is 13.3. The minimum Gasteiger partial charge on any atom is -0.341 e. The van der Waals surface area contributed by atoms with Crippen molar-refractivity contribution in [3.63, 3.8) is 0 Å². The molecule has 2 aromatic rings. The fourth-order valence-electron chi connectivity index (χ4n) is 1.75. The molecule has 1 amide bonds. The Bertz CT molecular complexity index is 610. The maximum absolute atomic E-state index is 12.3. The summed E-state index contributed by atoms with van der Waals surface area (Å²) >= 11 is 1.62. The lowest BCUT2D eigenvalue weighted by Crippen LogP contribution is -2.41. The van der Waals surface area contributed by atoms with Gasteiger partial charge >= 0.3 is 0 Å². The van der Waals surface area contributed by atoms with Crippen molar-refractivity contribution in [2.24, 2.45) is 0 Å². The van der Waals surface area contributed by atoms with E-state index in [1.807, 2.05) is 40.7 Å². The molecule has 0 spiro atoms. The lowest BCUT2D eigenvalue weighted by Gasteiger charge is -2.23. The highest BCUT2D eigenvalue weighted by molar-refractivity contribution is 7.11. The summed E-state index contributed by atoms with van der Waals surface area (Å²) in [6.07, 6.45) is 1.60. The Balaban J connectivity index is 2.19. The molecular weight excluding hydrogens is 270 g/mol. The number of hydrogen-bond donors (Lipinski definition) is 1. The molecule has 0 aliphatic heterocycles. The monoisotopic (exact) mass is 289 g/mol. The van der Waals surface area contributed by atoms with Crippen LogP contribution in [0.25, 0.3) is 0 Å². The van der Waals surface area contributed by atoms with Gasteiger partial charge in [-0.2, -0.15) is 0 Å². The van der Waals surface area contributed by atoms with Crippen LogP contribution in [0.2, 0.25) is 0 Å². The Morgan fingerprint density at radius 2 is 1.95 bits per heavy atom. The largest absolute Gasteiger partial charge is 0.341 e. The molecule has 0 radical (unpaired) electrons. The molecule has 0 fully saturated rings. The van der Waals surface area contributed by atoms with Crippen LogP contribution < -0.4 is 5.32 Å². The van der Waals surface area contributed by atoms with E-state index in [1.54, 1.807) is 23.6 Å². The van der Waals surface area contributed by atoms with Crippen LogP contribution >= 0.6 is 11.3 Å². The summed E-state index contributed by atoms with van der Waals surface area (Å²) < 4.78 is 0. The summed E-state index contributed by atoms with van der Waals surface area (Å²) in [5, 5.41) is 3.94. The standard InChI is InChI=1S/C15H19N3OS/c1-9-6-7-12(8-16-9)13(19)18-15(4,5)14-17-10(2)11(3)20-14/h6-8H,1-5H3,(H,18,19). The van der Waals surface area contributed by atoms with E-state index >= 15 is 0 Å². The first-order valence-electron chi connectivity index (χ1n) is 6.49. The molecule has 0 saturated heterocycles. The Morgan fingerprint density at radius 3 is 2.45 bits per heavy atom. The molecule has 0 saturated carbocycles. The normalized spacial score (nSPS) is 11.4. The molecule has 20 heavy (non-hydrogen) atoms. The predicted octanol–water partition coefficient (Wildman–Crippen LogP) is 3.13. The van der Waals surface area contributed by atoms with Gasteiger partial charge in [0.05, 0.1) is 16.8 Å².